The van der Waals surface area contributed by atoms with Gasteiger partial charge >= 0.3 is 0 Å². The van der Waals surface area contributed by atoms with Crippen LogP contribution in [-0.4, -0.2) is 34.7 Å². The zero-order valence-corrected chi connectivity index (χ0v) is 14.4. The highest BCUT2D eigenvalue weighted by Crippen LogP contribution is 2.40. The van der Waals surface area contributed by atoms with Crippen molar-refractivity contribution in [3.63, 3.8) is 0 Å². The zero-order valence-electron chi connectivity index (χ0n) is 14.4. The highest BCUT2D eigenvalue weighted by atomic mass is 16.5. The first-order valence-corrected chi connectivity index (χ1v) is 8.55. The van der Waals surface area contributed by atoms with Gasteiger partial charge in [0.1, 0.15) is 12.3 Å². The van der Waals surface area contributed by atoms with Gasteiger partial charge in [0.05, 0.1) is 29.6 Å². The van der Waals surface area contributed by atoms with Gasteiger partial charge in [-0.3, -0.25) is 0 Å². The van der Waals surface area contributed by atoms with Crippen molar-refractivity contribution in [1.29, 1.82) is 5.26 Å². The summed E-state index contributed by atoms with van der Waals surface area (Å²) in [4.78, 5) is 4.39. The minimum atomic E-state index is -0.00942. The van der Waals surface area contributed by atoms with E-state index in [1.807, 2.05) is 19.2 Å². The molecule has 0 radical (unpaired) electrons. The minimum Gasteiger partial charge on any atom is -0.353 e. The fraction of sp³-hybridized carbons (Fsp3) is 0.450. The molecule has 2 bridgehead atoms. The van der Waals surface area contributed by atoms with Crippen LogP contribution >= 0.6 is 0 Å². The zero-order chi connectivity index (χ0) is 17.3. The Balaban J connectivity index is 1.95. The fourth-order valence-electron chi connectivity index (χ4n) is 3.93. The second-order valence-electron chi connectivity index (χ2n) is 6.76. The van der Waals surface area contributed by atoms with E-state index in [2.05, 4.69) is 35.6 Å². The van der Waals surface area contributed by atoms with Crippen LogP contribution in [0.25, 0.3) is 0 Å². The lowest BCUT2D eigenvalue weighted by Gasteiger charge is -2.54. The van der Waals surface area contributed by atoms with Crippen LogP contribution in [0.1, 0.15) is 32.6 Å². The van der Waals surface area contributed by atoms with Gasteiger partial charge in [-0.15, -0.1) is 0 Å². The van der Waals surface area contributed by atoms with E-state index in [-0.39, 0.29) is 6.23 Å². The van der Waals surface area contributed by atoms with Crippen LogP contribution in [0.15, 0.2) is 60.6 Å². The molecule has 2 saturated heterocycles. The number of rotatable bonds is 3. The third-order valence-corrected chi connectivity index (χ3v) is 5.06. The molecule has 0 spiro atoms. The number of allylic oxidation sites excluding steroid dienone is 4. The molecular formula is C20H25N3O. The van der Waals surface area contributed by atoms with E-state index in [9.17, 15) is 5.26 Å². The number of hydrogen-bond acceptors (Lipinski definition) is 4. The van der Waals surface area contributed by atoms with E-state index in [4.69, 9.17) is 4.74 Å². The van der Waals surface area contributed by atoms with E-state index >= 15 is 0 Å². The van der Waals surface area contributed by atoms with Gasteiger partial charge in [-0.2, -0.15) is 5.26 Å². The normalized spacial score (nSPS) is 31.5. The van der Waals surface area contributed by atoms with Crippen molar-refractivity contribution in [2.75, 3.05) is 6.54 Å². The van der Waals surface area contributed by atoms with Crippen LogP contribution in [0.3, 0.4) is 0 Å². The van der Waals surface area contributed by atoms with Crippen LogP contribution in [0.4, 0.5) is 0 Å². The van der Waals surface area contributed by atoms with E-state index in [1.165, 1.54) is 12.8 Å². The Bertz CT molecular complexity index is 667. The van der Waals surface area contributed by atoms with Gasteiger partial charge in [0, 0.05) is 12.2 Å². The molecule has 0 aromatic rings. The van der Waals surface area contributed by atoms with E-state index in [0.717, 1.165) is 29.8 Å². The molecule has 0 N–H and O–H groups in total. The number of nitriles is 1. The largest absolute Gasteiger partial charge is 0.353 e. The summed E-state index contributed by atoms with van der Waals surface area (Å²) in [6, 6.07) is 2.73. The van der Waals surface area contributed by atoms with Gasteiger partial charge in [0.2, 0.25) is 0 Å². The van der Waals surface area contributed by atoms with Crippen LogP contribution < -0.4 is 0 Å². The lowest BCUT2D eigenvalue weighted by atomic mass is 9.88. The van der Waals surface area contributed by atoms with Crippen LogP contribution in [0.2, 0.25) is 0 Å². The summed E-state index contributed by atoms with van der Waals surface area (Å²) in [5.41, 5.74) is 3.25. The molecular weight excluding hydrogens is 298 g/mol. The summed E-state index contributed by atoms with van der Waals surface area (Å²) < 4.78 is 6.30. The number of fused-ring (bicyclic) bond motifs is 4. The molecule has 126 valence electrons. The average molecular weight is 323 g/mol. The molecule has 2 aliphatic heterocycles. The topological polar surface area (TPSA) is 39.5 Å². The van der Waals surface area contributed by atoms with Crippen molar-refractivity contribution in [2.45, 2.75) is 51.0 Å². The van der Waals surface area contributed by atoms with Gasteiger partial charge in [0.15, 0.2) is 0 Å². The molecule has 24 heavy (non-hydrogen) atoms. The molecule has 4 nitrogen and oxygen atoms in total. The van der Waals surface area contributed by atoms with E-state index < -0.39 is 0 Å². The number of nitrogens with zero attached hydrogens (tertiary/aromatic N) is 3. The maximum absolute atomic E-state index is 9.36. The molecule has 0 aromatic carbocycles. The van der Waals surface area contributed by atoms with Crippen LogP contribution in [0.5, 0.6) is 0 Å². The molecule has 1 saturated carbocycles. The molecule has 3 rings (SSSR count). The summed E-state index contributed by atoms with van der Waals surface area (Å²) in [5, 5.41) is 9.36. The Kier molecular flexibility index (Phi) is 4.64. The Hall–Kier alpha value is -2.25. The fourth-order valence-corrected chi connectivity index (χ4v) is 3.93. The highest BCUT2D eigenvalue weighted by Gasteiger charge is 2.43. The summed E-state index contributed by atoms with van der Waals surface area (Å²) in [5.74, 6) is 0. The number of piperazine rings is 1. The summed E-state index contributed by atoms with van der Waals surface area (Å²) in [6.07, 6.45) is 10.6. The van der Waals surface area contributed by atoms with Gasteiger partial charge in [-0.25, -0.2) is 0 Å². The molecule has 0 aromatic heterocycles. The summed E-state index contributed by atoms with van der Waals surface area (Å²) >= 11 is 0. The molecule has 3 aliphatic rings. The van der Waals surface area contributed by atoms with E-state index in [1.54, 1.807) is 6.08 Å². The van der Waals surface area contributed by atoms with Crippen molar-refractivity contribution in [1.82, 2.24) is 9.80 Å². The highest BCUT2D eigenvalue weighted by molar-refractivity contribution is 5.42. The first-order chi connectivity index (χ1) is 11.5. The monoisotopic (exact) mass is 323 g/mol. The second kappa shape index (κ2) is 6.70. The first-order valence-electron chi connectivity index (χ1n) is 8.55. The van der Waals surface area contributed by atoms with Crippen LogP contribution in [0, 0.1) is 11.3 Å². The van der Waals surface area contributed by atoms with Gasteiger partial charge < -0.3 is 14.5 Å². The van der Waals surface area contributed by atoms with Crippen molar-refractivity contribution >= 4 is 0 Å². The summed E-state index contributed by atoms with van der Waals surface area (Å²) in [7, 11) is 0. The van der Waals surface area contributed by atoms with Crippen molar-refractivity contribution in [3.05, 3.63) is 60.6 Å². The van der Waals surface area contributed by atoms with Gasteiger partial charge in [-0.05, 0) is 44.3 Å². The van der Waals surface area contributed by atoms with E-state index in [0.29, 0.717) is 24.3 Å². The molecule has 4 heteroatoms. The Labute approximate surface area is 144 Å². The minimum absolute atomic E-state index is 0.00942. The van der Waals surface area contributed by atoms with Crippen LogP contribution in [-0.2, 0) is 4.74 Å². The third-order valence-electron chi connectivity index (χ3n) is 5.06. The molecule has 3 fully saturated rings. The Morgan fingerprint density at radius 3 is 2.88 bits per heavy atom. The van der Waals surface area contributed by atoms with Crippen molar-refractivity contribution in [3.8, 4) is 6.07 Å². The second-order valence-corrected chi connectivity index (χ2v) is 6.76. The lowest BCUT2D eigenvalue weighted by molar-refractivity contribution is -0.176. The third kappa shape index (κ3) is 2.92. The molecule has 1 aliphatic carbocycles. The molecule has 0 amide bonds. The maximum atomic E-state index is 9.36. The lowest BCUT2D eigenvalue weighted by Crippen LogP contribution is -2.60. The van der Waals surface area contributed by atoms with Crippen molar-refractivity contribution < 1.29 is 4.74 Å². The average Bonchev–Trinajstić information content (AvgIpc) is 2.55. The molecule has 3 unspecified atom stereocenters. The maximum Gasteiger partial charge on any atom is 0.148 e. The quantitative estimate of drug-likeness (QED) is 0.584. The SMILES string of the molecule is C=C/C=C1/C(=C)N2C3CCCC(C3)OC2CN1/C=C(\C#N)C(=C)C. The smallest absolute Gasteiger partial charge is 0.148 e. The van der Waals surface area contributed by atoms with Crippen molar-refractivity contribution in [2.24, 2.45) is 0 Å². The predicted molar refractivity (Wildman–Crippen MR) is 95.4 cm³/mol. The molecule has 2 heterocycles. The standard InChI is InChI=1S/C20H25N3O/c1-5-7-19-15(4)23-17-8-6-9-18(10-17)24-20(23)13-22(19)12-16(11-21)14(2)3/h5,7,12,17-18,20H,1-2,4,6,8-10,13H2,3H3/b16-12+,19-7-. The number of hydrogen-bond donors (Lipinski definition) is 0. The van der Waals surface area contributed by atoms with Gasteiger partial charge in [-0.1, -0.05) is 25.8 Å². The summed E-state index contributed by atoms with van der Waals surface area (Å²) in [6.45, 7) is 14.6. The predicted octanol–water partition coefficient (Wildman–Crippen LogP) is 3.84. The Morgan fingerprint density at radius 1 is 1.42 bits per heavy atom. The first kappa shape index (κ1) is 16.6. The van der Waals surface area contributed by atoms with Gasteiger partial charge in [0.25, 0.3) is 0 Å². The Morgan fingerprint density at radius 2 is 2.21 bits per heavy atom. The molecule has 3 atom stereocenters. The number of ether oxygens (including phenoxy) is 1.